The molecule has 1 aromatic carbocycles. The zero-order valence-electron chi connectivity index (χ0n) is 14.3. The second-order valence-electron chi connectivity index (χ2n) is 6.39. The zero-order valence-corrected chi connectivity index (χ0v) is 15.9. The van der Waals surface area contributed by atoms with Crippen LogP contribution in [0.2, 0.25) is 0 Å². The summed E-state index contributed by atoms with van der Waals surface area (Å²) in [4.78, 5) is 21.5. The van der Waals surface area contributed by atoms with Crippen molar-refractivity contribution in [1.82, 2.24) is 15.3 Å². The van der Waals surface area contributed by atoms with Crippen LogP contribution in [0.1, 0.15) is 25.8 Å². The van der Waals surface area contributed by atoms with Crippen molar-refractivity contribution in [2.24, 2.45) is 0 Å². The van der Waals surface area contributed by atoms with E-state index >= 15 is 0 Å². The second-order valence-corrected chi connectivity index (χ2v) is 8.88. The molecule has 0 atom stereocenters. The maximum atomic E-state index is 11.7. The molecular weight excluding hydrogens is 354 g/mol. The Morgan fingerprint density at radius 2 is 2.12 bits per heavy atom. The molecular formula is C18H19N3O2S2. The van der Waals surface area contributed by atoms with Gasteiger partial charge in [0, 0.05) is 16.5 Å². The Kier molecular flexibility index (Phi) is 5.24. The van der Waals surface area contributed by atoms with Gasteiger partial charge in [-0.25, -0.2) is 9.78 Å². The summed E-state index contributed by atoms with van der Waals surface area (Å²) in [5, 5.41) is 4.69. The number of aromatic nitrogens is 2. The molecule has 5 nitrogen and oxygen atoms in total. The van der Waals surface area contributed by atoms with Gasteiger partial charge in [0.2, 0.25) is 0 Å². The van der Waals surface area contributed by atoms with Crippen molar-refractivity contribution in [2.45, 2.75) is 42.0 Å². The van der Waals surface area contributed by atoms with E-state index in [4.69, 9.17) is 4.74 Å². The van der Waals surface area contributed by atoms with Crippen LogP contribution in [0.25, 0.3) is 10.9 Å². The van der Waals surface area contributed by atoms with Gasteiger partial charge in [-0.15, -0.1) is 11.3 Å². The molecule has 0 spiro atoms. The van der Waals surface area contributed by atoms with Crippen LogP contribution in [-0.4, -0.2) is 21.7 Å². The molecule has 130 valence electrons. The van der Waals surface area contributed by atoms with Crippen LogP contribution in [0.15, 0.2) is 51.8 Å². The molecule has 2 aromatic heterocycles. The lowest BCUT2D eigenvalue weighted by atomic mass is 10.2. The Bertz CT molecular complexity index is 887. The summed E-state index contributed by atoms with van der Waals surface area (Å²) in [6.45, 7) is 5.87. The van der Waals surface area contributed by atoms with Crippen LogP contribution >= 0.6 is 23.1 Å². The highest BCUT2D eigenvalue weighted by molar-refractivity contribution is 8.01. The third-order valence-electron chi connectivity index (χ3n) is 3.11. The Hall–Kier alpha value is -2.12. The predicted octanol–water partition coefficient (Wildman–Crippen LogP) is 4.87. The first-order valence-corrected chi connectivity index (χ1v) is 9.46. The largest absolute Gasteiger partial charge is 0.444 e. The number of fused-ring (bicyclic) bond motifs is 1. The number of carbonyl (C=O) groups is 1. The van der Waals surface area contributed by atoms with Gasteiger partial charge in [-0.2, -0.15) is 0 Å². The first kappa shape index (κ1) is 17.7. The number of rotatable bonds is 4. The first-order valence-electron chi connectivity index (χ1n) is 7.83. The predicted molar refractivity (Wildman–Crippen MR) is 101 cm³/mol. The number of nitrogens with one attached hydrogen (secondary N) is 1. The number of alkyl carbamates (subject to hydrolysis) is 1. The van der Waals surface area contributed by atoms with E-state index in [-0.39, 0.29) is 0 Å². The maximum absolute atomic E-state index is 11.7. The Labute approximate surface area is 154 Å². The van der Waals surface area contributed by atoms with E-state index in [0.717, 1.165) is 25.0 Å². The lowest BCUT2D eigenvalue weighted by Crippen LogP contribution is -2.32. The SMILES string of the molecule is CC(C)(C)OC(=O)NCc1ncc(Sc2ccc3cccnc3c2)s1. The highest BCUT2D eigenvalue weighted by Crippen LogP contribution is 2.33. The van der Waals surface area contributed by atoms with Crippen LogP contribution in [-0.2, 0) is 11.3 Å². The van der Waals surface area contributed by atoms with Crippen molar-refractivity contribution in [3.8, 4) is 0 Å². The maximum Gasteiger partial charge on any atom is 0.408 e. The minimum Gasteiger partial charge on any atom is -0.444 e. The Balaban J connectivity index is 1.60. The van der Waals surface area contributed by atoms with Crippen LogP contribution in [0.3, 0.4) is 0 Å². The van der Waals surface area contributed by atoms with Gasteiger partial charge in [0.25, 0.3) is 0 Å². The monoisotopic (exact) mass is 373 g/mol. The van der Waals surface area contributed by atoms with E-state index in [1.54, 1.807) is 29.3 Å². The number of pyridine rings is 1. The molecule has 0 bridgehead atoms. The number of amides is 1. The molecule has 0 saturated carbocycles. The molecule has 7 heteroatoms. The van der Waals surface area contributed by atoms with E-state index in [0.29, 0.717) is 6.54 Å². The topological polar surface area (TPSA) is 64.1 Å². The fourth-order valence-corrected chi connectivity index (χ4v) is 4.09. The highest BCUT2D eigenvalue weighted by atomic mass is 32.2. The fourth-order valence-electron chi connectivity index (χ4n) is 2.11. The van der Waals surface area contributed by atoms with Gasteiger partial charge < -0.3 is 10.1 Å². The van der Waals surface area contributed by atoms with Crippen LogP contribution in [0.5, 0.6) is 0 Å². The fraction of sp³-hybridized carbons (Fsp3) is 0.278. The molecule has 25 heavy (non-hydrogen) atoms. The Morgan fingerprint density at radius 3 is 2.92 bits per heavy atom. The van der Waals surface area contributed by atoms with Gasteiger partial charge in [0.05, 0.1) is 22.5 Å². The number of benzene rings is 1. The normalized spacial score (nSPS) is 11.5. The number of ether oxygens (including phenoxy) is 1. The lowest BCUT2D eigenvalue weighted by Gasteiger charge is -2.19. The van der Waals surface area contributed by atoms with Crippen molar-refractivity contribution in [3.05, 3.63) is 47.7 Å². The lowest BCUT2D eigenvalue weighted by molar-refractivity contribution is 0.0523. The Morgan fingerprint density at radius 1 is 1.28 bits per heavy atom. The zero-order chi connectivity index (χ0) is 17.9. The van der Waals surface area contributed by atoms with Gasteiger partial charge in [0.15, 0.2) is 0 Å². The summed E-state index contributed by atoms with van der Waals surface area (Å²) in [7, 11) is 0. The smallest absolute Gasteiger partial charge is 0.408 e. The number of hydrogen-bond acceptors (Lipinski definition) is 6. The molecule has 0 aliphatic heterocycles. The summed E-state index contributed by atoms with van der Waals surface area (Å²) in [6.07, 6.45) is 3.19. The van der Waals surface area contributed by atoms with Crippen molar-refractivity contribution >= 4 is 40.1 Å². The van der Waals surface area contributed by atoms with Gasteiger partial charge in [-0.1, -0.05) is 23.9 Å². The first-order chi connectivity index (χ1) is 11.9. The standard InChI is InChI=1S/C18H19N3O2S2/c1-18(2,3)23-17(22)21-10-15-20-11-16(25-15)24-13-7-6-12-5-4-8-19-14(12)9-13/h4-9,11H,10H2,1-3H3,(H,21,22). The van der Waals surface area contributed by atoms with Crippen molar-refractivity contribution in [1.29, 1.82) is 0 Å². The summed E-state index contributed by atoms with van der Waals surface area (Å²) >= 11 is 3.19. The number of thiazole rings is 1. The van der Waals surface area contributed by atoms with Gasteiger partial charge >= 0.3 is 6.09 Å². The molecule has 2 heterocycles. The molecule has 0 fully saturated rings. The van der Waals surface area contributed by atoms with Crippen LogP contribution in [0, 0.1) is 0 Å². The van der Waals surface area contributed by atoms with E-state index in [1.165, 1.54) is 0 Å². The van der Waals surface area contributed by atoms with E-state index in [1.807, 2.05) is 39.1 Å². The van der Waals surface area contributed by atoms with E-state index in [9.17, 15) is 4.79 Å². The molecule has 0 radical (unpaired) electrons. The number of nitrogens with zero attached hydrogens (tertiary/aromatic N) is 2. The quantitative estimate of drug-likeness (QED) is 0.707. The molecule has 3 rings (SSSR count). The van der Waals surface area contributed by atoms with E-state index < -0.39 is 11.7 Å². The number of hydrogen-bond donors (Lipinski definition) is 1. The molecule has 3 aromatic rings. The molecule has 0 saturated heterocycles. The minimum atomic E-state index is -0.502. The van der Waals surface area contributed by atoms with Crippen molar-refractivity contribution < 1.29 is 9.53 Å². The minimum absolute atomic E-state index is 0.361. The van der Waals surface area contributed by atoms with Gasteiger partial charge in [0.1, 0.15) is 10.6 Å². The molecule has 1 amide bonds. The summed E-state index contributed by atoms with van der Waals surface area (Å²) in [6, 6.07) is 10.2. The molecule has 1 N–H and O–H groups in total. The summed E-state index contributed by atoms with van der Waals surface area (Å²) in [5.41, 5.74) is 0.474. The van der Waals surface area contributed by atoms with Gasteiger partial charge in [-0.05, 0) is 39.0 Å². The average molecular weight is 374 g/mol. The van der Waals surface area contributed by atoms with Crippen LogP contribution in [0.4, 0.5) is 4.79 Å². The summed E-state index contributed by atoms with van der Waals surface area (Å²) < 4.78 is 6.28. The van der Waals surface area contributed by atoms with Crippen molar-refractivity contribution in [2.75, 3.05) is 0 Å². The molecule has 0 unspecified atom stereocenters. The second kappa shape index (κ2) is 7.41. The summed E-state index contributed by atoms with van der Waals surface area (Å²) in [5.74, 6) is 0. The molecule has 0 aliphatic rings. The average Bonchev–Trinajstić information content (AvgIpc) is 2.99. The number of carbonyl (C=O) groups excluding carboxylic acids is 1. The van der Waals surface area contributed by atoms with Crippen LogP contribution < -0.4 is 5.32 Å². The third-order valence-corrected chi connectivity index (χ3v) is 5.20. The van der Waals surface area contributed by atoms with Crippen molar-refractivity contribution in [3.63, 3.8) is 0 Å². The third kappa shape index (κ3) is 5.17. The van der Waals surface area contributed by atoms with E-state index in [2.05, 4.69) is 33.5 Å². The van der Waals surface area contributed by atoms with Gasteiger partial charge in [-0.3, -0.25) is 4.98 Å². The molecule has 0 aliphatic carbocycles. The highest BCUT2D eigenvalue weighted by Gasteiger charge is 2.16.